The maximum absolute atomic E-state index is 12.6. The van der Waals surface area contributed by atoms with Gasteiger partial charge in [0.05, 0.1) is 12.3 Å². The number of H-pyrrole nitrogens is 1. The summed E-state index contributed by atoms with van der Waals surface area (Å²) in [5, 5.41) is 13.3. The fourth-order valence-corrected chi connectivity index (χ4v) is 2.90. The fraction of sp³-hybridized carbons (Fsp3) is 0.190. The van der Waals surface area contributed by atoms with Gasteiger partial charge < -0.3 is 15.4 Å². The third-order valence-electron chi connectivity index (χ3n) is 4.32. The smallest absolute Gasteiger partial charge is 0.260 e. The number of amides is 1. The van der Waals surface area contributed by atoms with E-state index in [4.69, 9.17) is 6.57 Å². The first-order valence-corrected chi connectivity index (χ1v) is 8.39. The minimum absolute atomic E-state index is 0.0161. The van der Waals surface area contributed by atoms with Crippen molar-refractivity contribution in [1.29, 1.82) is 0 Å². The molecule has 0 aliphatic rings. The average molecular weight is 361 g/mol. The Balaban J connectivity index is 2.02. The van der Waals surface area contributed by atoms with Gasteiger partial charge in [-0.2, -0.15) is 0 Å². The normalized spacial score (nSPS) is 11.2. The number of fused-ring (bicyclic) bond motifs is 1. The largest absolute Gasteiger partial charge is 0.508 e. The van der Waals surface area contributed by atoms with Crippen LogP contribution < -0.4 is 10.7 Å². The molecule has 0 aliphatic heterocycles. The summed E-state index contributed by atoms with van der Waals surface area (Å²) >= 11 is 0. The standard InChI is InChI=1S/C21H19N3O3/c1-21(2,3)14-9-16(22-4)17(10-18(14)25)24-20(27)13-11-23-15-8-6-5-7-12(15)19(13)26/h5-11,25H,1-3H3,(H,23,26)(H,24,27). The van der Waals surface area contributed by atoms with Gasteiger partial charge in [0.25, 0.3) is 5.91 Å². The lowest BCUT2D eigenvalue weighted by Crippen LogP contribution is -2.22. The van der Waals surface area contributed by atoms with Gasteiger partial charge in [-0.3, -0.25) is 9.59 Å². The van der Waals surface area contributed by atoms with E-state index in [1.165, 1.54) is 12.3 Å². The van der Waals surface area contributed by atoms with E-state index in [-0.39, 0.29) is 28.1 Å². The maximum atomic E-state index is 12.6. The Labute approximate surface area is 156 Å². The molecule has 136 valence electrons. The first-order chi connectivity index (χ1) is 12.7. The summed E-state index contributed by atoms with van der Waals surface area (Å²) in [5.41, 5.74) is 0.770. The number of pyridine rings is 1. The van der Waals surface area contributed by atoms with Crippen molar-refractivity contribution < 1.29 is 9.90 Å². The highest BCUT2D eigenvalue weighted by molar-refractivity contribution is 6.07. The van der Waals surface area contributed by atoms with Crippen LogP contribution in [0.2, 0.25) is 0 Å². The number of aromatic nitrogens is 1. The summed E-state index contributed by atoms with van der Waals surface area (Å²) in [7, 11) is 0. The van der Waals surface area contributed by atoms with Gasteiger partial charge in [0.15, 0.2) is 0 Å². The fourth-order valence-electron chi connectivity index (χ4n) is 2.90. The summed E-state index contributed by atoms with van der Waals surface area (Å²) in [4.78, 5) is 31.6. The topological polar surface area (TPSA) is 86.5 Å². The molecule has 2 aromatic carbocycles. The number of aromatic amines is 1. The number of para-hydroxylation sites is 1. The van der Waals surface area contributed by atoms with E-state index in [9.17, 15) is 14.7 Å². The second kappa shape index (κ2) is 6.61. The number of phenolic OH excluding ortho intramolecular Hbond substituents is 1. The zero-order valence-electron chi connectivity index (χ0n) is 15.3. The molecule has 0 fully saturated rings. The molecule has 3 N–H and O–H groups in total. The van der Waals surface area contributed by atoms with E-state index in [2.05, 4.69) is 15.1 Å². The highest BCUT2D eigenvalue weighted by Crippen LogP contribution is 2.38. The van der Waals surface area contributed by atoms with Crippen LogP contribution in [0.4, 0.5) is 11.4 Å². The van der Waals surface area contributed by atoms with E-state index in [0.29, 0.717) is 16.5 Å². The average Bonchev–Trinajstić information content (AvgIpc) is 2.61. The van der Waals surface area contributed by atoms with E-state index < -0.39 is 11.3 Å². The lowest BCUT2D eigenvalue weighted by Gasteiger charge is -2.22. The molecule has 1 heterocycles. The molecule has 0 atom stereocenters. The number of carbonyl (C=O) groups is 1. The predicted octanol–water partition coefficient (Wildman–Crippen LogP) is 4.33. The molecule has 3 rings (SSSR count). The first-order valence-electron chi connectivity index (χ1n) is 8.39. The Bertz CT molecular complexity index is 1150. The van der Waals surface area contributed by atoms with Crippen molar-refractivity contribution in [3.63, 3.8) is 0 Å². The number of nitrogens with one attached hydrogen (secondary N) is 2. The number of hydrogen-bond acceptors (Lipinski definition) is 3. The highest BCUT2D eigenvalue weighted by Gasteiger charge is 2.22. The zero-order chi connectivity index (χ0) is 19.8. The summed E-state index contributed by atoms with van der Waals surface area (Å²) in [5.74, 6) is -0.660. The van der Waals surface area contributed by atoms with Crippen LogP contribution in [0.1, 0.15) is 36.7 Å². The minimum Gasteiger partial charge on any atom is -0.508 e. The number of hydrogen-bond donors (Lipinski definition) is 3. The second-order valence-corrected chi connectivity index (χ2v) is 7.28. The SMILES string of the molecule is [C-]#[N+]c1cc(C(C)(C)C)c(O)cc1NC(=O)c1c[nH]c2ccccc2c1=O. The molecular weight excluding hydrogens is 342 g/mol. The summed E-state index contributed by atoms with van der Waals surface area (Å²) < 4.78 is 0. The number of aromatic hydroxyl groups is 1. The third kappa shape index (κ3) is 3.40. The number of nitrogens with zero attached hydrogens (tertiary/aromatic N) is 1. The van der Waals surface area contributed by atoms with Crippen LogP contribution in [0.15, 0.2) is 47.4 Å². The number of phenols is 1. The minimum atomic E-state index is -0.644. The van der Waals surface area contributed by atoms with Crippen molar-refractivity contribution in [2.75, 3.05) is 5.32 Å². The van der Waals surface area contributed by atoms with Crippen molar-refractivity contribution in [2.24, 2.45) is 0 Å². The highest BCUT2D eigenvalue weighted by atomic mass is 16.3. The van der Waals surface area contributed by atoms with Crippen molar-refractivity contribution in [3.05, 3.63) is 75.4 Å². The van der Waals surface area contributed by atoms with E-state index in [0.717, 1.165) is 0 Å². The van der Waals surface area contributed by atoms with Gasteiger partial charge in [-0.05, 0) is 35.2 Å². The van der Waals surface area contributed by atoms with Gasteiger partial charge in [-0.25, -0.2) is 4.85 Å². The first kappa shape index (κ1) is 18.2. The molecule has 6 heteroatoms. The number of carbonyl (C=O) groups excluding carboxylic acids is 1. The van der Waals surface area contributed by atoms with Gasteiger partial charge in [-0.1, -0.05) is 32.9 Å². The molecule has 27 heavy (non-hydrogen) atoms. The molecule has 6 nitrogen and oxygen atoms in total. The Morgan fingerprint density at radius 3 is 2.59 bits per heavy atom. The Hall–Kier alpha value is -3.59. The van der Waals surface area contributed by atoms with Crippen molar-refractivity contribution >= 4 is 28.2 Å². The van der Waals surface area contributed by atoms with E-state index >= 15 is 0 Å². The molecule has 0 saturated carbocycles. The van der Waals surface area contributed by atoms with Crippen LogP contribution in [0, 0.1) is 6.57 Å². The molecule has 0 aliphatic carbocycles. The monoisotopic (exact) mass is 361 g/mol. The van der Waals surface area contributed by atoms with Crippen molar-refractivity contribution in [3.8, 4) is 5.75 Å². The van der Waals surface area contributed by atoms with Gasteiger partial charge in [0.1, 0.15) is 11.3 Å². The van der Waals surface area contributed by atoms with Crippen LogP contribution in [0.5, 0.6) is 5.75 Å². The molecule has 0 unspecified atom stereocenters. The van der Waals surface area contributed by atoms with Gasteiger partial charge in [0.2, 0.25) is 11.1 Å². The van der Waals surface area contributed by atoms with Gasteiger partial charge in [0, 0.05) is 17.1 Å². The molecular formula is C21H19N3O3. The lowest BCUT2D eigenvalue weighted by atomic mass is 9.86. The maximum Gasteiger partial charge on any atom is 0.260 e. The van der Waals surface area contributed by atoms with Crippen molar-refractivity contribution in [2.45, 2.75) is 26.2 Å². The molecule has 0 saturated heterocycles. The van der Waals surface area contributed by atoms with Crippen LogP contribution in [-0.4, -0.2) is 16.0 Å². The zero-order valence-corrected chi connectivity index (χ0v) is 15.3. The van der Waals surface area contributed by atoms with E-state index in [1.807, 2.05) is 20.8 Å². The van der Waals surface area contributed by atoms with Crippen LogP contribution in [0.25, 0.3) is 15.7 Å². The third-order valence-corrected chi connectivity index (χ3v) is 4.32. The molecule has 1 aromatic heterocycles. The Morgan fingerprint density at radius 1 is 1.22 bits per heavy atom. The van der Waals surface area contributed by atoms with E-state index in [1.54, 1.807) is 30.3 Å². The Morgan fingerprint density at radius 2 is 1.93 bits per heavy atom. The number of benzene rings is 2. The lowest BCUT2D eigenvalue weighted by molar-refractivity contribution is 0.102. The quantitative estimate of drug-likeness (QED) is 0.594. The summed E-state index contributed by atoms with van der Waals surface area (Å²) in [6.07, 6.45) is 1.35. The van der Waals surface area contributed by atoms with Crippen LogP contribution in [-0.2, 0) is 5.41 Å². The summed E-state index contributed by atoms with van der Waals surface area (Å²) in [6.45, 7) is 13.1. The number of rotatable bonds is 2. The molecule has 0 spiro atoms. The number of anilines is 1. The summed E-state index contributed by atoms with van der Waals surface area (Å²) in [6, 6.07) is 9.81. The molecule has 1 amide bonds. The van der Waals surface area contributed by atoms with Gasteiger partial charge >= 0.3 is 0 Å². The predicted molar refractivity (Wildman–Crippen MR) is 106 cm³/mol. The second-order valence-electron chi connectivity index (χ2n) is 7.28. The molecule has 0 bridgehead atoms. The van der Waals surface area contributed by atoms with Crippen LogP contribution >= 0.6 is 0 Å². The molecule has 0 radical (unpaired) electrons. The van der Waals surface area contributed by atoms with Gasteiger partial charge in [-0.15, -0.1) is 0 Å². The Kier molecular flexibility index (Phi) is 4.46. The van der Waals surface area contributed by atoms with Crippen LogP contribution in [0.3, 0.4) is 0 Å². The van der Waals surface area contributed by atoms with Crippen molar-refractivity contribution in [1.82, 2.24) is 4.98 Å². The molecule has 3 aromatic rings.